The van der Waals surface area contributed by atoms with E-state index in [1.807, 2.05) is 24.5 Å². The molecular formula is C36H45N5O. The number of unbranched alkanes of at least 4 members (excludes halogenated alkanes) is 2. The lowest BCUT2D eigenvalue weighted by atomic mass is 9.99. The zero-order chi connectivity index (χ0) is 29.1. The minimum Gasteiger partial charge on any atom is -0.370 e. The quantitative estimate of drug-likeness (QED) is 0.177. The van der Waals surface area contributed by atoms with Gasteiger partial charge in [0, 0.05) is 62.9 Å². The normalized spacial score (nSPS) is 14.1. The average Bonchev–Trinajstić information content (AvgIpc) is 3.54. The van der Waals surface area contributed by atoms with Gasteiger partial charge in [-0.25, -0.2) is 4.98 Å². The molecule has 5 rings (SSSR count). The Hall–Kier alpha value is -3.90. The Balaban J connectivity index is 1.28. The van der Waals surface area contributed by atoms with Crippen LogP contribution in [0.25, 0.3) is 0 Å². The lowest BCUT2D eigenvalue weighted by Crippen LogP contribution is -2.47. The number of benzene rings is 3. The summed E-state index contributed by atoms with van der Waals surface area (Å²) in [4.78, 5) is 28.5. The second kappa shape index (κ2) is 14.8. The van der Waals surface area contributed by atoms with Crippen LogP contribution in [0, 0.1) is 0 Å². The van der Waals surface area contributed by atoms with E-state index in [4.69, 9.17) is 0 Å². The highest BCUT2D eigenvalue weighted by Crippen LogP contribution is 2.24. The topological polar surface area (TPSA) is 55.5 Å². The molecule has 3 aromatic carbocycles. The van der Waals surface area contributed by atoms with Crippen molar-refractivity contribution < 1.29 is 4.79 Å². The second-order valence-corrected chi connectivity index (χ2v) is 11.6. The molecule has 0 aliphatic carbocycles. The van der Waals surface area contributed by atoms with Gasteiger partial charge in [-0.15, -0.1) is 0 Å². The highest BCUT2D eigenvalue weighted by molar-refractivity contribution is 5.94. The number of nitrogens with zero attached hydrogens (tertiary/aromatic N) is 4. The van der Waals surface area contributed by atoms with E-state index in [0.717, 1.165) is 62.4 Å². The fourth-order valence-electron chi connectivity index (χ4n) is 5.91. The third-order valence-electron chi connectivity index (χ3n) is 8.45. The number of aromatic nitrogens is 2. The van der Waals surface area contributed by atoms with Crippen LogP contribution in [0.3, 0.4) is 0 Å². The molecule has 6 heteroatoms. The van der Waals surface area contributed by atoms with Gasteiger partial charge in [-0.2, -0.15) is 0 Å². The Morgan fingerprint density at radius 1 is 0.881 bits per heavy atom. The molecule has 1 aromatic heterocycles. The molecule has 1 fully saturated rings. The van der Waals surface area contributed by atoms with E-state index in [1.165, 1.54) is 36.1 Å². The Morgan fingerprint density at radius 3 is 2.24 bits per heavy atom. The minimum atomic E-state index is 0.130. The molecule has 0 spiro atoms. The molecule has 0 unspecified atom stereocenters. The Morgan fingerprint density at radius 2 is 1.57 bits per heavy atom. The van der Waals surface area contributed by atoms with E-state index in [2.05, 4.69) is 105 Å². The van der Waals surface area contributed by atoms with Gasteiger partial charge in [0.1, 0.15) is 5.82 Å². The van der Waals surface area contributed by atoms with Crippen LogP contribution < -0.4 is 4.90 Å². The third kappa shape index (κ3) is 8.10. The third-order valence-corrected chi connectivity index (χ3v) is 8.45. The van der Waals surface area contributed by atoms with Gasteiger partial charge >= 0.3 is 0 Å². The number of hydrogen-bond donors (Lipinski definition) is 1. The number of anilines is 1. The molecule has 1 N–H and O–H groups in total. The van der Waals surface area contributed by atoms with Crippen molar-refractivity contribution in [2.24, 2.45) is 0 Å². The number of imidazole rings is 1. The summed E-state index contributed by atoms with van der Waals surface area (Å²) in [6.07, 6.45) is 10.3. The maximum Gasteiger partial charge on any atom is 0.254 e. The number of nitrogens with one attached hydrogen (secondary N) is 1. The molecule has 42 heavy (non-hydrogen) atoms. The van der Waals surface area contributed by atoms with E-state index in [0.29, 0.717) is 6.54 Å². The predicted molar refractivity (Wildman–Crippen MR) is 171 cm³/mol. The fraction of sp³-hybridized carbons (Fsp3) is 0.389. The lowest BCUT2D eigenvalue weighted by Gasteiger charge is -2.38. The van der Waals surface area contributed by atoms with E-state index in [-0.39, 0.29) is 11.9 Å². The largest absolute Gasteiger partial charge is 0.370 e. The molecule has 2 heterocycles. The summed E-state index contributed by atoms with van der Waals surface area (Å²) in [7, 11) is 2.13. The first-order valence-corrected chi connectivity index (χ1v) is 15.5. The zero-order valence-corrected chi connectivity index (χ0v) is 25.2. The number of aryl methyl sites for hydroxylation is 1. The first-order valence-electron chi connectivity index (χ1n) is 15.5. The number of hydrogen-bond acceptors (Lipinski definition) is 4. The number of amides is 1. The van der Waals surface area contributed by atoms with E-state index < -0.39 is 0 Å². The number of likely N-dealkylation sites (tertiary alicyclic amines) is 1. The number of H-pyrrole nitrogens is 1. The van der Waals surface area contributed by atoms with Crippen LogP contribution in [0.4, 0.5) is 5.69 Å². The molecule has 4 aromatic rings. The highest BCUT2D eigenvalue weighted by Gasteiger charge is 2.29. The van der Waals surface area contributed by atoms with Gasteiger partial charge in [-0.1, -0.05) is 74.4 Å². The Kier molecular flexibility index (Phi) is 10.4. The first-order chi connectivity index (χ1) is 20.6. The molecule has 1 aliphatic heterocycles. The van der Waals surface area contributed by atoms with Gasteiger partial charge in [-0.3, -0.25) is 9.69 Å². The highest BCUT2D eigenvalue weighted by atomic mass is 16.2. The van der Waals surface area contributed by atoms with Crippen molar-refractivity contribution >= 4 is 11.6 Å². The van der Waals surface area contributed by atoms with Crippen LogP contribution in [0.15, 0.2) is 91.3 Å². The van der Waals surface area contributed by atoms with Crippen molar-refractivity contribution in [1.82, 2.24) is 19.8 Å². The van der Waals surface area contributed by atoms with Gasteiger partial charge in [0.05, 0.1) is 6.54 Å². The molecule has 0 atom stereocenters. The van der Waals surface area contributed by atoms with Crippen LogP contribution in [-0.2, 0) is 26.1 Å². The Labute approximate surface area is 251 Å². The van der Waals surface area contributed by atoms with Crippen LogP contribution in [0.5, 0.6) is 0 Å². The van der Waals surface area contributed by atoms with Crippen LogP contribution >= 0.6 is 0 Å². The minimum absolute atomic E-state index is 0.130. The van der Waals surface area contributed by atoms with Crippen molar-refractivity contribution in [3.8, 4) is 0 Å². The van der Waals surface area contributed by atoms with Gasteiger partial charge < -0.3 is 14.8 Å². The molecule has 220 valence electrons. The maximum atomic E-state index is 14.0. The molecule has 1 saturated heterocycles. The zero-order valence-electron chi connectivity index (χ0n) is 25.2. The van der Waals surface area contributed by atoms with E-state index in [1.54, 1.807) is 0 Å². The molecule has 0 radical (unpaired) electrons. The average molecular weight is 564 g/mol. The number of rotatable bonds is 13. The summed E-state index contributed by atoms with van der Waals surface area (Å²) in [5.74, 6) is 1.13. The number of carbonyl (C=O) groups is 1. The molecule has 6 nitrogen and oxygen atoms in total. The molecule has 0 saturated carbocycles. The maximum absolute atomic E-state index is 14.0. The SMILES string of the molecule is CCCCCc1ccc(C(=O)N(Cc2ccc(N(C)Cc3ccccc3)cc2)C2CCN(Cc3ncc[nH]3)CC2)cc1. The number of aromatic amines is 1. The summed E-state index contributed by atoms with van der Waals surface area (Å²) in [5, 5.41) is 0. The lowest BCUT2D eigenvalue weighted by molar-refractivity contribution is 0.0540. The summed E-state index contributed by atoms with van der Waals surface area (Å²) in [5.41, 5.74) is 5.72. The summed E-state index contributed by atoms with van der Waals surface area (Å²) < 4.78 is 0. The van der Waals surface area contributed by atoms with Gasteiger partial charge in [0.2, 0.25) is 0 Å². The standard InChI is InChI=1S/C36H45N5O/c1-3-4-6-9-29-12-16-32(17-13-29)36(42)41(34-20-24-40(25-21-34)28-35-37-22-23-38-35)27-31-14-18-33(19-15-31)39(2)26-30-10-7-5-8-11-30/h5,7-8,10-19,22-23,34H,3-4,6,9,20-21,24-28H2,1-2H3,(H,37,38). The molecule has 1 amide bonds. The van der Waals surface area contributed by atoms with Crippen LogP contribution in [0.1, 0.15) is 71.9 Å². The second-order valence-electron chi connectivity index (χ2n) is 11.6. The summed E-state index contributed by atoms with van der Waals surface area (Å²) in [6, 6.07) is 27.8. The number of piperidine rings is 1. The van der Waals surface area contributed by atoms with Gasteiger partial charge in [-0.05, 0) is 66.6 Å². The number of carbonyl (C=O) groups excluding carboxylic acids is 1. The van der Waals surface area contributed by atoms with Crippen molar-refractivity contribution in [3.63, 3.8) is 0 Å². The van der Waals surface area contributed by atoms with Crippen LogP contribution in [-0.4, -0.2) is 51.9 Å². The smallest absolute Gasteiger partial charge is 0.254 e. The van der Waals surface area contributed by atoms with Crippen molar-refractivity contribution in [3.05, 3.63) is 119 Å². The van der Waals surface area contributed by atoms with Crippen LogP contribution in [0.2, 0.25) is 0 Å². The first kappa shape index (κ1) is 29.6. The molecule has 1 aliphatic rings. The monoisotopic (exact) mass is 563 g/mol. The fourth-order valence-corrected chi connectivity index (χ4v) is 5.91. The van der Waals surface area contributed by atoms with E-state index >= 15 is 0 Å². The van der Waals surface area contributed by atoms with Crippen molar-refractivity contribution in [2.75, 3.05) is 25.0 Å². The summed E-state index contributed by atoms with van der Waals surface area (Å²) >= 11 is 0. The summed E-state index contributed by atoms with van der Waals surface area (Å²) in [6.45, 7) is 6.43. The van der Waals surface area contributed by atoms with Gasteiger partial charge in [0.25, 0.3) is 5.91 Å². The Bertz CT molecular complexity index is 1340. The van der Waals surface area contributed by atoms with Gasteiger partial charge in [0.15, 0.2) is 0 Å². The van der Waals surface area contributed by atoms with E-state index in [9.17, 15) is 4.79 Å². The van der Waals surface area contributed by atoms with Crippen molar-refractivity contribution in [2.45, 2.75) is 71.1 Å². The molecule has 0 bridgehead atoms. The predicted octanol–water partition coefficient (Wildman–Crippen LogP) is 7.09. The van der Waals surface area contributed by atoms with Crippen molar-refractivity contribution in [1.29, 1.82) is 0 Å². The molecular weight excluding hydrogens is 518 g/mol.